The first-order chi connectivity index (χ1) is 11.0. The summed E-state index contributed by atoms with van der Waals surface area (Å²) < 4.78 is 0. The van der Waals surface area contributed by atoms with Crippen LogP contribution in [0.4, 0.5) is 0 Å². The zero-order chi connectivity index (χ0) is 16.2. The second-order valence-corrected chi connectivity index (χ2v) is 8.30. The Bertz CT molecular complexity index is 622. The molecule has 23 heavy (non-hydrogen) atoms. The number of hydrogen-bond donors (Lipinski definition) is 2. The van der Waals surface area contributed by atoms with Crippen LogP contribution in [0, 0.1) is 23.2 Å². The molecule has 0 aromatic heterocycles. The molecule has 1 aromatic carbocycles. The Hall–Kier alpha value is -1.28. The molecule has 3 aliphatic rings. The third-order valence-corrected chi connectivity index (χ3v) is 7.30. The minimum absolute atomic E-state index is 0.106. The van der Waals surface area contributed by atoms with E-state index in [-0.39, 0.29) is 11.5 Å². The van der Waals surface area contributed by atoms with E-state index < -0.39 is 0 Å². The largest absolute Gasteiger partial charge is 0.508 e. The number of phenolic OH excluding ortho intramolecular Hbond substituents is 1. The Morgan fingerprint density at radius 2 is 2.13 bits per heavy atom. The number of fused-ring (bicyclic) bond motifs is 5. The monoisotopic (exact) mass is 312 g/mol. The highest BCUT2D eigenvalue weighted by Gasteiger charge is 2.56. The van der Waals surface area contributed by atoms with E-state index in [0.717, 1.165) is 25.7 Å². The predicted molar refractivity (Wildman–Crippen MR) is 92.4 cm³/mol. The molecule has 1 unspecified atom stereocenters. The molecule has 0 amide bonds. The number of hydrogen-bond acceptors (Lipinski definition) is 2. The molecule has 1 aromatic rings. The summed E-state index contributed by atoms with van der Waals surface area (Å²) in [7, 11) is 0. The summed E-state index contributed by atoms with van der Waals surface area (Å²) in [5.41, 5.74) is 2.89. The minimum Gasteiger partial charge on any atom is -0.508 e. The topological polar surface area (TPSA) is 40.5 Å². The van der Waals surface area contributed by atoms with Gasteiger partial charge in [-0.25, -0.2) is 0 Å². The van der Waals surface area contributed by atoms with E-state index in [9.17, 15) is 10.2 Å². The number of phenols is 1. The minimum atomic E-state index is -0.126. The Kier molecular flexibility index (Phi) is 3.57. The maximum Gasteiger partial charge on any atom is 0.115 e. The van der Waals surface area contributed by atoms with E-state index in [1.165, 1.54) is 24.0 Å². The predicted octanol–water partition coefficient (Wildman–Crippen LogP) is 4.41. The van der Waals surface area contributed by atoms with Gasteiger partial charge in [-0.3, -0.25) is 0 Å². The van der Waals surface area contributed by atoms with Crippen molar-refractivity contribution in [2.45, 2.75) is 57.5 Å². The van der Waals surface area contributed by atoms with Crippen LogP contribution in [0.3, 0.4) is 0 Å². The molecular formula is C21H28O2. The molecule has 124 valence electrons. The summed E-state index contributed by atoms with van der Waals surface area (Å²) in [5.74, 6) is 2.86. The molecule has 2 fully saturated rings. The van der Waals surface area contributed by atoms with Gasteiger partial charge >= 0.3 is 0 Å². The molecule has 0 aliphatic heterocycles. The molecule has 0 heterocycles. The molecule has 0 saturated heterocycles. The van der Waals surface area contributed by atoms with Crippen molar-refractivity contribution in [1.29, 1.82) is 0 Å². The molecule has 2 saturated carbocycles. The summed E-state index contributed by atoms with van der Waals surface area (Å²) in [4.78, 5) is 0. The highest BCUT2D eigenvalue weighted by Crippen LogP contribution is 2.62. The number of allylic oxidation sites excluding steroid dienone is 1. The lowest BCUT2D eigenvalue weighted by Gasteiger charge is -2.53. The van der Waals surface area contributed by atoms with Crippen molar-refractivity contribution in [2.75, 3.05) is 0 Å². The fraction of sp³-hybridized carbons (Fsp3) is 0.619. The number of rotatable bonds is 2. The molecule has 0 bridgehead atoms. The van der Waals surface area contributed by atoms with E-state index >= 15 is 0 Å². The van der Waals surface area contributed by atoms with Crippen LogP contribution in [0.15, 0.2) is 30.9 Å². The van der Waals surface area contributed by atoms with E-state index in [1.807, 2.05) is 12.1 Å². The average Bonchev–Trinajstić information content (AvgIpc) is 2.83. The first kappa shape index (κ1) is 15.3. The lowest BCUT2D eigenvalue weighted by atomic mass is 9.52. The number of aliphatic hydroxyl groups is 1. The van der Waals surface area contributed by atoms with Crippen LogP contribution in [-0.4, -0.2) is 16.3 Å². The highest BCUT2D eigenvalue weighted by atomic mass is 16.3. The summed E-state index contributed by atoms with van der Waals surface area (Å²) in [6.07, 6.45) is 8.44. The van der Waals surface area contributed by atoms with Crippen LogP contribution >= 0.6 is 0 Å². The first-order valence-electron chi connectivity index (χ1n) is 9.15. The molecule has 2 heteroatoms. The molecule has 6 atom stereocenters. The fourth-order valence-corrected chi connectivity index (χ4v) is 6.19. The number of aromatic hydroxyl groups is 1. The highest BCUT2D eigenvalue weighted by molar-refractivity contribution is 5.40. The zero-order valence-corrected chi connectivity index (χ0v) is 14.0. The molecule has 0 radical (unpaired) electrons. The summed E-state index contributed by atoms with van der Waals surface area (Å²) in [6.45, 7) is 6.31. The van der Waals surface area contributed by atoms with Gasteiger partial charge in [0.15, 0.2) is 0 Å². The van der Waals surface area contributed by atoms with Crippen molar-refractivity contribution < 1.29 is 10.2 Å². The Morgan fingerprint density at radius 1 is 1.30 bits per heavy atom. The Morgan fingerprint density at radius 3 is 2.91 bits per heavy atom. The molecule has 4 rings (SSSR count). The first-order valence-corrected chi connectivity index (χ1v) is 9.15. The average molecular weight is 312 g/mol. The second-order valence-electron chi connectivity index (χ2n) is 8.30. The lowest BCUT2D eigenvalue weighted by molar-refractivity contribution is -0.0377. The van der Waals surface area contributed by atoms with Gasteiger partial charge in [-0.05, 0) is 90.9 Å². The van der Waals surface area contributed by atoms with Crippen molar-refractivity contribution in [3.63, 3.8) is 0 Å². The van der Waals surface area contributed by atoms with E-state index in [1.54, 1.807) is 0 Å². The van der Waals surface area contributed by atoms with Crippen molar-refractivity contribution in [2.24, 2.45) is 23.2 Å². The summed E-state index contributed by atoms with van der Waals surface area (Å²) >= 11 is 0. The maximum atomic E-state index is 10.6. The van der Waals surface area contributed by atoms with Crippen LogP contribution in [-0.2, 0) is 6.42 Å². The third-order valence-electron chi connectivity index (χ3n) is 7.30. The SMILES string of the molecule is C=CCC1Cc2cc(O)ccc2[C@H]2CC[C@]3(C)[C@H](O)CC[C@H]3[C@H]12. The number of benzene rings is 1. The van der Waals surface area contributed by atoms with Gasteiger partial charge < -0.3 is 10.2 Å². The Labute approximate surface area is 139 Å². The van der Waals surface area contributed by atoms with Crippen LogP contribution < -0.4 is 0 Å². The second kappa shape index (κ2) is 5.37. The van der Waals surface area contributed by atoms with Gasteiger partial charge in [-0.2, -0.15) is 0 Å². The quantitative estimate of drug-likeness (QED) is 0.794. The van der Waals surface area contributed by atoms with Gasteiger partial charge in [0.05, 0.1) is 6.10 Å². The lowest BCUT2D eigenvalue weighted by Crippen LogP contribution is -2.47. The maximum absolute atomic E-state index is 10.6. The third kappa shape index (κ3) is 2.18. The molecule has 3 aliphatic carbocycles. The van der Waals surface area contributed by atoms with E-state index in [4.69, 9.17) is 0 Å². The summed E-state index contributed by atoms with van der Waals surface area (Å²) in [5, 5.41) is 20.4. The van der Waals surface area contributed by atoms with Crippen molar-refractivity contribution >= 4 is 0 Å². The van der Waals surface area contributed by atoms with Crippen LogP contribution in [0.1, 0.15) is 56.1 Å². The van der Waals surface area contributed by atoms with Crippen LogP contribution in [0.2, 0.25) is 0 Å². The normalized spacial score (nSPS) is 41.7. The standard InChI is InChI=1S/C21H28O2/c1-3-4-13-11-14-12-15(22)5-6-16(14)17-9-10-21(2)18(20(13)17)7-8-19(21)23/h3,5-6,12-13,17-20,22-23H,1,4,7-11H2,2H3/t13?,17-,18+,19-,20-,21+/m1/s1. The van der Waals surface area contributed by atoms with Gasteiger partial charge in [0.25, 0.3) is 0 Å². The zero-order valence-electron chi connectivity index (χ0n) is 14.0. The number of aliphatic hydroxyl groups excluding tert-OH is 1. The van der Waals surface area contributed by atoms with E-state index in [0.29, 0.717) is 29.4 Å². The van der Waals surface area contributed by atoms with Crippen molar-refractivity contribution in [3.05, 3.63) is 42.0 Å². The van der Waals surface area contributed by atoms with Gasteiger partial charge in [0.1, 0.15) is 5.75 Å². The fourth-order valence-electron chi connectivity index (χ4n) is 6.19. The van der Waals surface area contributed by atoms with Crippen LogP contribution in [0.5, 0.6) is 5.75 Å². The van der Waals surface area contributed by atoms with E-state index in [2.05, 4.69) is 25.6 Å². The van der Waals surface area contributed by atoms with Gasteiger partial charge in [0, 0.05) is 0 Å². The Balaban J connectivity index is 1.77. The van der Waals surface area contributed by atoms with Crippen LogP contribution in [0.25, 0.3) is 0 Å². The smallest absolute Gasteiger partial charge is 0.115 e. The van der Waals surface area contributed by atoms with Crippen molar-refractivity contribution in [3.8, 4) is 5.75 Å². The van der Waals surface area contributed by atoms with Gasteiger partial charge in [0.2, 0.25) is 0 Å². The molecule has 2 nitrogen and oxygen atoms in total. The van der Waals surface area contributed by atoms with Gasteiger partial charge in [-0.15, -0.1) is 6.58 Å². The van der Waals surface area contributed by atoms with Crippen molar-refractivity contribution in [1.82, 2.24) is 0 Å². The molecule has 2 N–H and O–H groups in total. The molecule has 0 spiro atoms. The molecular weight excluding hydrogens is 284 g/mol. The van der Waals surface area contributed by atoms with Gasteiger partial charge in [-0.1, -0.05) is 19.1 Å². The summed E-state index contributed by atoms with van der Waals surface area (Å²) in [6, 6.07) is 5.97.